The summed E-state index contributed by atoms with van der Waals surface area (Å²) in [5.74, 6) is -0.166. The lowest BCUT2D eigenvalue weighted by Crippen LogP contribution is -2.20. The van der Waals surface area contributed by atoms with Gasteiger partial charge in [0.2, 0.25) is 10.0 Å². The van der Waals surface area contributed by atoms with E-state index < -0.39 is 10.0 Å². The highest BCUT2D eigenvalue weighted by molar-refractivity contribution is 7.89. The quantitative estimate of drug-likeness (QED) is 0.908. The number of aryl methyl sites for hydroxylation is 1. The standard InChI is InChI=1S/C8H9ClN4O2S2/c9-8-2-1-7(16-8)6-5-13(12-11-6)3-4-17(10,14)15/h1-2,5H,3-4H2,(H2,10,14,15). The maximum atomic E-state index is 10.8. The van der Waals surface area contributed by atoms with Crippen LogP contribution in [0.3, 0.4) is 0 Å². The summed E-state index contributed by atoms with van der Waals surface area (Å²) in [5.41, 5.74) is 0.663. The maximum absolute atomic E-state index is 10.8. The molecule has 2 rings (SSSR count). The molecular weight excluding hydrogens is 284 g/mol. The number of halogens is 1. The van der Waals surface area contributed by atoms with Gasteiger partial charge in [0.1, 0.15) is 5.69 Å². The summed E-state index contributed by atoms with van der Waals surface area (Å²) in [6, 6.07) is 3.60. The van der Waals surface area contributed by atoms with E-state index in [1.807, 2.05) is 6.07 Å². The predicted octanol–water partition coefficient (Wildman–Crippen LogP) is 0.949. The van der Waals surface area contributed by atoms with Gasteiger partial charge >= 0.3 is 0 Å². The Bertz CT molecular complexity index is 619. The van der Waals surface area contributed by atoms with E-state index in [1.54, 1.807) is 12.3 Å². The summed E-state index contributed by atoms with van der Waals surface area (Å²) in [5, 5.41) is 12.6. The van der Waals surface area contributed by atoms with Gasteiger partial charge in [-0.3, -0.25) is 4.68 Å². The van der Waals surface area contributed by atoms with Gasteiger partial charge < -0.3 is 0 Å². The van der Waals surface area contributed by atoms with E-state index in [0.29, 0.717) is 10.0 Å². The maximum Gasteiger partial charge on any atom is 0.210 e. The van der Waals surface area contributed by atoms with Gasteiger partial charge in [-0.1, -0.05) is 16.8 Å². The van der Waals surface area contributed by atoms with E-state index in [2.05, 4.69) is 10.3 Å². The molecule has 17 heavy (non-hydrogen) atoms. The minimum Gasteiger partial charge on any atom is -0.251 e. The summed E-state index contributed by atoms with van der Waals surface area (Å²) < 4.78 is 23.7. The number of aromatic nitrogens is 3. The highest BCUT2D eigenvalue weighted by atomic mass is 35.5. The van der Waals surface area contributed by atoms with Crippen molar-refractivity contribution in [2.45, 2.75) is 6.54 Å². The molecule has 0 atom stereocenters. The molecule has 0 radical (unpaired) electrons. The van der Waals surface area contributed by atoms with Crippen molar-refractivity contribution in [2.24, 2.45) is 5.14 Å². The third-order valence-corrected chi connectivity index (χ3v) is 3.97. The number of nitrogens with zero attached hydrogens (tertiary/aromatic N) is 3. The summed E-state index contributed by atoms with van der Waals surface area (Å²) in [6.07, 6.45) is 1.66. The fourth-order valence-corrected chi connectivity index (χ4v) is 2.63. The average molecular weight is 293 g/mol. The van der Waals surface area contributed by atoms with Crippen LogP contribution in [0.4, 0.5) is 0 Å². The monoisotopic (exact) mass is 292 g/mol. The Morgan fingerprint density at radius 1 is 1.47 bits per heavy atom. The van der Waals surface area contributed by atoms with Crippen LogP contribution in [0, 0.1) is 0 Å². The topological polar surface area (TPSA) is 90.9 Å². The summed E-state index contributed by atoms with van der Waals surface area (Å²) in [6.45, 7) is 0.185. The molecule has 0 saturated carbocycles. The molecule has 0 saturated heterocycles. The van der Waals surface area contributed by atoms with Crippen molar-refractivity contribution in [3.8, 4) is 10.6 Å². The zero-order valence-corrected chi connectivity index (χ0v) is 11.0. The van der Waals surface area contributed by atoms with E-state index in [-0.39, 0.29) is 12.3 Å². The van der Waals surface area contributed by atoms with E-state index in [1.165, 1.54) is 16.0 Å². The molecule has 2 N–H and O–H groups in total. The zero-order chi connectivity index (χ0) is 12.5. The number of sulfonamides is 1. The SMILES string of the molecule is NS(=O)(=O)CCn1cc(-c2ccc(Cl)s2)nn1. The molecule has 2 heterocycles. The lowest BCUT2D eigenvalue weighted by molar-refractivity contribution is 0.576. The van der Waals surface area contributed by atoms with Gasteiger partial charge in [0.15, 0.2) is 0 Å². The van der Waals surface area contributed by atoms with Crippen LogP contribution in [0.5, 0.6) is 0 Å². The molecule has 0 fully saturated rings. The first kappa shape index (κ1) is 12.5. The van der Waals surface area contributed by atoms with E-state index in [9.17, 15) is 8.42 Å². The molecule has 9 heteroatoms. The molecule has 2 aromatic heterocycles. The van der Waals surface area contributed by atoms with Crippen molar-refractivity contribution in [1.29, 1.82) is 0 Å². The Labute approximate surface area is 107 Å². The second-order valence-electron chi connectivity index (χ2n) is 3.34. The zero-order valence-electron chi connectivity index (χ0n) is 8.58. The molecule has 0 bridgehead atoms. The van der Waals surface area contributed by atoms with Crippen molar-refractivity contribution < 1.29 is 8.42 Å². The molecule has 6 nitrogen and oxygen atoms in total. The largest absolute Gasteiger partial charge is 0.251 e. The molecule has 92 valence electrons. The number of rotatable bonds is 4. The van der Waals surface area contributed by atoms with Crippen molar-refractivity contribution >= 4 is 33.0 Å². The van der Waals surface area contributed by atoms with E-state index in [0.717, 1.165) is 4.88 Å². The second-order valence-corrected chi connectivity index (χ2v) is 6.79. The molecule has 0 aromatic carbocycles. The molecule has 0 amide bonds. The first-order valence-corrected chi connectivity index (χ1v) is 7.51. The number of nitrogens with two attached hydrogens (primary N) is 1. The van der Waals surface area contributed by atoms with Gasteiger partial charge in [-0.2, -0.15) is 0 Å². The highest BCUT2D eigenvalue weighted by Gasteiger charge is 2.08. The Kier molecular flexibility index (Phi) is 3.48. The normalized spacial score (nSPS) is 11.9. The Morgan fingerprint density at radius 2 is 2.24 bits per heavy atom. The Hall–Kier alpha value is -0.960. The third-order valence-electron chi connectivity index (χ3n) is 1.97. The minimum atomic E-state index is -3.48. The Morgan fingerprint density at radius 3 is 2.82 bits per heavy atom. The summed E-state index contributed by atoms with van der Waals surface area (Å²) in [7, 11) is -3.48. The fraction of sp³-hybridized carbons (Fsp3) is 0.250. The third kappa shape index (κ3) is 3.50. The van der Waals surface area contributed by atoms with E-state index >= 15 is 0 Å². The first-order valence-electron chi connectivity index (χ1n) is 4.60. The van der Waals surface area contributed by atoms with Gasteiger partial charge in [0.25, 0.3) is 0 Å². The van der Waals surface area contributed by atoms with Gasteiger partial charge in [-0.25, -0.2) is 13.6 Å². The minimum absolute atomic E-state index is 0.166. The fourth-order valence-electron chi connectivity index (χ4n) is 1.19. The number of hydrogen-bond donors (Lipinski definition) is 1. The van der Waals surface area contributed by atoms with Crippen molar-refractivity contribution in [3.63, 3.8) is 0 Å². The van der Waals surface area contributed by atoms with Crippen LogP contribution >= 0.6 is 22.9 Å². The molecule has 0 spiro atoms. The van der Waals surface area contributed by atoms with Crippen LogP contribution < -0.4 is 5.14 Å². The van der Waals surface area contributed by atoms with Gasteiger partial charge in [-0.15, -0.1) is 16.4 Å². The highest BCUT2D eigenvalue weighted by Crippen LogP contribution is 2.29. The van der Waals surface area contributed by atoms with Crippen molar-refractivity contribution in [2.75, 3.05) is 5.75 Å². The van der Waals surface area contributed by atoms with Crippen LogP contribution in [-0.4, -0.2) is 29.2 Å². The Balaban J connectivity index is 2.11. The van der Waals surface area contributed by atoms with Crippen LogP contribution in [-0.2, 0) is 16.6 Å². The van der Waals surface area contributed by atoms with Crippen molar-refractivity contribution in [3.05, 3.63) is 22.7 Å². The number of thiophene rings is 1. The lowest BCUT2D eigenvalue weighted by atomic mass is 10.4. The molecule has 0 aliphatic heterocycles. The van der Waals surface area contributed by atoms with Crippen LogP contribution in [0.2, 0.25) is 4.34 Å². The summed E-state index contributed by atoms with van der Waals surface area (Å²) in [4.78, 5) is 0.886. The lowest BCUT2D eigenvalue weighted by Gasteiger charge is -1.96. The van der Waals surface area contributed by atoms with Crippen LogP contribution in [0.15, 0.2) is 18.3 Å². The number of primary sulfonamides is 1. The smallest absolute Gasteiger partial charge is 0.210 e. The number of hydrogen-bond acceptors (Lipinski definition) is 5. The first-order chi connectivity index (χ1) is 7.94. The molecule has 0 unspecified atom stereocenters. The van der Waals surface area contributed by atoms with Crippen molar-refractivity contribution in [1.82, 2.24) is 15.0 Å². The van der Waals surface area contributed by atoms with E-state index in [4.69, 9.17) is 16.7 Å². The molecule has 0 aliphatic carbocycles. The average Bonchev–Trinajstić information content (AvgIpc) is 2.81. The van der Waals surface area contributed by atoms with Gasteiger partial charge in [-0.05, 0) is 12.1 Å². The molecule has 0 aliphatic rings. The summed E-state index contributed by atoms with van der Waals surface area (Å²) >= 11 is 7.19. The van der Waals surface area contributed by atoms with Crippen LogP contribution in [0.25, 0.3) is 10.6 Å². The van der Waals surface area contributed by atoms with Gasteiger partial charge in [0.05, 0.1) is 27.7 Å². The van der Waals surface area contributed by atoms with Gasteiger partial charge in [0, 0.05) is 0 Å². The van der Waals surface area contributed by atoms with Crippen LogP contribution in [0.1, 0.15) is 0 Å². The predicted molar refractivity (Wildman–Crippen MR) is 66.3 cm³/mol. The molecular formula is C8H9ClN4O2S2. The molecule has 2 aromatic rings. The second kappa shape index (κ2) is 4.73.